The molecule has 1 atom stereocenters. The van der Waals surface area contributed by atoms with Gasteiger partial charge >= 0.3 is 11.9 Å². The number of carboxylic acids is 1. The second kappa shape index (κ2) is 8.88. The number of ether oxygens (including phenoxy) is 1. The minimum Gasteiger partial charge on any atom is -0.478 e. The maximum atomic E-state index is 13.6. The van der Waals surface area contributed by atoms with Crippen LogP contribution in [0, 0.1) is 5.82 Å². The molecule has 31 heavy (non-hydrogen) atoms. The molecule has 164 valence electrons. The Balaban J connectivity index is 2.02. The molecule has 1 unspecified atom stereocenters. The number of aromatic nitrogens is 1. The topological polar surface area (TPSA) is 101 Å². The number of halogens is 2. The molecule has 0 saturated carbocycles. The van der Waals surface area contributed by atoms with Crippen molar-refractivity contribution in [1.82, 2.24) is 10.3 Å². The van der Waals surface area contributed by atoms with Gasteiger partial charge in [0.25, 0.3) is 0 Å². The summed E-state index contributed by atoms with van der Waals surface area (Å²) >= 11 is 4.65. The molecule has 0 radical (unpaired) electrons. The van der Waals surface area contributed by atoms with Crippen LogP contribution in [-0.2, 0) is 19.7 Å². The number of carbonyl (C=O) groups excluding carboxylic acids is 1. The molecule has 0 spiro atoms. The predicted molar refractivity (Wildman–Crippen MR) is 119 cm³/mol. The Labute approximate surface area is 191 Å². The number of hydrogen-bond donors (Lipinski definition) is 2. The number of benzene rings is 1. The highest BCUT2D eigenvalue weighted by molar-refractivity contribution is 9.10. The summed E-state index contributed by atoms with van der Waals surface area (Å²) < 4.78 is 18.8. The number of carboxylic acid groups (broad SMARTS) is 1. The summed E-state index contributed by atoms with van der Waals surface area (Å²) in [6.07, 6.45) is 0.166. The summed E-state index contributed by atoms with van der Waals surface area (Å²) in [6.45, 7) is 5.44. The number of carbonyl (C=O) groups is 2. The number of rotatable bonds is 6. The van der Waals surface area contributed by atoms with Crippen molar-refractivity contribution < 1.29 is 23.8 Å². The number of aliphatic carboxylic acids is 1. The van der Waals surface area contributed by atoms with E-state index in [4.69, 9.17) is 4.74 Å². The summed E-state index contributed by atoms with van der Waals surface area (Å²) in [4.78, 5) is 32.9. The van der Waals surface area contributed by atoms with Crippen molar-refractivity contribution in [2.24, 2.45) is 4.99 Å². The summed E-state index contributed by atoms with van der Waals surface area (Å²) in [6, 6.07) is 3.21. The van der Waals surface area contributed by atoms with Gasteiger partial charge in [-0.15, -0.1) is 11.3 Å². The Kier molecular flexibility index (Phi) is 6.61. The van der Waals surface area contributed by atoms with Gasteiger partial charge in [-0.3, -0.25) is 9.79 Å². The van der Waals surface area contributed by atoms with E-state index in [1.807, 2.05) is 19.2 Å². The number of allylic oxidation sites excluding steroid dienone is 1. The Morgan fingerprint density at radius 3 is 2.71 bits per heavy atom. The van der Waals surface area contributed by atoms with E-state index in [0.717, 1.165) is 0 Å². The van der Waals surface area contributed by atoms with E-state index >= 15 is 0 Å². The van der Waals surface area contributed by atoms with Crippen LogP contribution in [0.15, 0.2) is 44.3 Å². The van der Waals surface area contributed by atoms with Gasteiger partial charge in [-0.25, -0.2) is 14.2 Å². The van der Waals surface area contributed by atoms with Crippen molar-refractivity contribution in [3.05, 3.63) is 61.4 Å². The number of hydrogen-bond acceptors (Lipinski definition) is 7. The minimum absolute atomic E-state index is 0.0684. The zero-order valence-corrected chi connectivity index (χ0v) is 19.7. The Morgan fingerprint density at radius 1 is 1.39 bits per heavy atom. The lowest BCUT2D eigenvalue weighted by Crippen LogP contribution is -2.32. The molecule has 0 fully saturated rings. The zero-order chi connectivity index (χ0) is 22.9. The molecule has 0 saturated heterocycles. The number of nitrogens with one attached hydrogen (secondary N) is 1. The van der Waals surface area contributed by atoms with Gasteiger partial charge in [0.1, 0.15) is 11.9 Å². The molecule has 0 amide bonds. The summed E-state index contributed by atoms with van der Waals surface area (Å²) in [5.74, 6) is -1.48. The SMILES string of the molecule is COC(=O)CC(C)(C)c1csc(C2=NC(c3ccc(F)cc3Br)C(C(=O)O)=C(C)N2)n1. The molecule has 10 heteroatoms. The third-order valence-corrected chi connectivity index (χ3v) is 6.48. The van der Waals surface area contributed by atoms with Gasteiger partial charge in [-0.1, -0.05) is 35.8 Å². The lowest BCUT2D eigenvalue weighted by atomic mass is 9.86. The van der Waals surface area contributed by atoms with Gasteiger partial charge in [-0.2, -0.15) is 0 Å². The lowest BCUT2D eigenvalue weighted by Gasteiger charge is -2.25. The van der Waals surface area contributed by atoms with Gasteiger partial charge in [0, 0.05) is 21.0 Å². The van der Waals surface area contributed by atoms with Crippen molar-refractivity contribution in [3.8, 4) is 0 Å². The van der Waals surface area contributed by atoms with Gasteiger partial charge in [0.2, 0.25) is 0 Å². The van der Waals surface area contributed by atoms with Crippen LogP contribution in [0.4, 0.5) is 4.39 Å². The van der Waals surface area contributed by atoms with E-state index < -0.39 is 23.2 Å². The molecule has 7 nitrogen and oxygen atoms in total. The van der Waals surface area contributed by atoms with Crippen molar-refractivity contribution in [2.75, 3.05) is 7.11 Å². The van der Waals surface area contributed by atoms with E-state index in [1.54, 1.807) is 6.92 Å². The lowest BCUT2D eigenvalue weighted by molar-refractivity contribution is -0.142. The second-order valence-corrected chi connectivity index (χ2v) is 9.40. The largest absolute Gasteiger partial charge is 0.478 e. The van der Waals surface area contributed by atoms with Crippen LogP contribution in [0.25, 0.3) is 0 Å². The third kappa shape index (κ3) is 4.85. The van der Waals surface area contributed by atoms with Gasteiger partial charge in [0.15, 0.2) is 10.8 Å². The molecular formula is C21H21BrFN3O4S. The molecular weight excluding hydrogens is 489 g/mol. The van der Waals surface area contributed by atoms with E-state index in [9.17, 15) is 19.1 Å². The number of methoxy groups -OCH3 is 1. The molecule has 3 rings (SSSR count). The van der Waals surface area contributed by atoms with Crippen LogP contribution in [0.3, 0.4) is 0 Å². The first kappa shape index (κ1) is 23.1. The van der Waals surface area contributed by atoms with Crippen LogP contribution in [0.5, 0.6) is 0 Å². The van der Waals surface area contributed by atoms with E-state index in [1.165, 1.54) is 36.6 Å². The molecule has 2 heterocycles. The third-order valence-electron chi connectivity index (χ3n) is 4.94. The standard InChI is InChI=1S/C21H21BrFN3O4S/c1-10-16(20(28)29)17(12-6-5-11(23)7-13(12)22)26-18(24-10)19-25-14(9-31-19)21(2,3)8-15(27)30-4/h5-7,9,17H,8H2,1-4H3,(H,24,26)(H,28,29). The van der Waals surface area contributed by atoms with E-state index in [0.29, 0.717) is 32.3 Å². The van der Waals surface area contributed by atoms with Gasteiger partial charge in [0.05, 0.1) is 24.8 Å². The Morgan fingerprint density at radius 2 is 2.10 bits per heavy atom. The highest BCUT2D eigenvalue weighted by Gasteiger charge is 2.33. The van der Waals surface area contributed by atoms with Crippen LogP contribution < -0.4 is 5.32 Å². The zero-order valence-electron chi connectivity index (χ0n) is 17.3. The van der Waals surface area contributed by atoms with Gasteiger partial charge in [-0.05, 0) is 24.6 Å². The fourth-order valence-electron chi connectivity index (χ4n) is 3.23. The minimum atomic E-state index is -1.12. The first-order chi connectivity index (χ1) is 14.5. The molecule has 1 aliphatic heterocycles. The molecule has 1 aromatic heterocycles. The van der Waals surface area contributed by atoms with Crippen LogP contribution in [0.1, 0.15) is 49.5 Å². The average Bonchev–Trinajstić information content (AvgIpc) is 3.18. The molecule has 2 aromatic rings. The van der Waals surface area contributed by atoms with Crippen LogP contribution >= 0.6 is 27.3 Å². The maximum Gasteiger partial charge on any atom is 0.335 e. The fourth-order valence-corrected chi connectivity index (χ4v) is 4.76. The van der Waals surface area contributed by atoms with E-state index in [-0.39, 0.29) is 18.0 Å². The smallest absolute Gasteiger partial charge is 0.335 e. The summed E-state index contributed by atoms with van der Waals surface area (Å²) in [5, 5.41) is 15.2. The molecule has 1 aliphatic rings. The quantitative estimate of drug-likeness (QED) is 0.561. The number of aliphatic imine (C=N–C) groups is 1. The monoisotopic (exact) mass is 509 g/mol. The highest BCUT2D eigenvalue weighted by Crippen LogP contribution is 2.37. The fraction of sp³-hybridized carbons (Fsp3) is 0.333. The number of nitrogens with zero attached hydrogens (tertiary/aromatic N) is 2. The molecule has 1 aromatic carbocycles. The van der Waals surface area contributed by atoms with Crippen LogP contribution in [0.2, 0.25) is 0 Å². The van der Waals surface area contributed by atoms with Gasteiger partial charge < -0.3 is 15.2 Å². The normalized spacial score (nSPS) is 16.6. The Bertz CT molecular complexity index is 1110. The number of esters is 1. The molecule has 0 aliphatic carbocycles. The second-order valence-electron chi connectivity index (χ2n) is 7.69. The summed E-state index contributed by atoms with van der Waals surface area (Å²) in [5.41, 5.74) is 1.17. The van der Waals surface area contributed by atoms with Crippen LogP contribution in [-0.4, -0.2) is 35.0 Å². The van der Waals surface area contributed by atoms with Crippen molar-refractivity contribution >= 4 is 45.0 Å². The first-order valence-electron chi connectivity index (χ1n) is 9.30. The molecule has 0 bridgehead atoms. The first-order valence-corrected chi connectivity index (χ1v) is 11.0. The van der Waals surface area contributed by atoms with Crippen molar-refractivity contribution in [1.29, 1.82) is 0 Å². The average molecular weight is 510 g/mol. The summed E-state index contributed by atoms with van der Waals surface area (Å²) in [7, 11) is 1.34. The predicted octanol–water partition coefficient (Wildman–Crippen LogP) is 4.34. The number of thiazole rings is 1. The number of amidine groups is 1. The maximum absolute atomic E-state index is 13.6. The Hall–Kier alpha value is -2.59. The van der Waals surface area contributed by atoms with E-state index in [2.05, 4.69) is 31.2 Å². The highest BCUT2D eigenvalue weighted by atomic mass is 79.9. The molecule has 2 N–H and O–H groups in total. The van der Waals surface area contributed by atoms with Crippen molar-refractivity contribution in [2.45, 2.75) is 38.6 Å². The van der Waals surface area contributed by atoms with Crippen molar-refractivity contribution in [3.63, 3.8) is 0 Å².